The molecule has 0 spiro atoms. The second-order valence-corrected chi connectivity index (χ2v) is 6.83. The number of halogens is 3. The van der Waals surface area contributed by atoms with Crippen LogP contribution in [0.5, 0.6) is 0 Å². The van der Waals surface area contributed by atoms with Gasteiger partial charge in [-0.1, -0.05) is 35.7 Å². The molecule has 0 aromatic carbocycles. The minimum absolute atomic E-state index is 0.00435. The number of alkyl halides is 1. The van der Waals surface area contributed by atoms with E-state index in [1.54, 1.807) is 0 Å². The third-order valence-corrected chi connectivity index (χ3v) is 4.01. The summed E-state index contributed by atoms with van der Waals surface area (Å²) in [5.41, 5.74) is 0. The van der Waals surface area contributed by atoms with Crippen LogP contribution < -0.4 is 0 Å². The molecule has 0 saturated carbocycles. The molecule has 0 radical (unpaired) electrons. The molecule has 2 unspecified atom stereocenters. The molecule has 5 heteroatoms. The number of rotatable bonds is 3. The fourth-order valence-electron chi connectivity index (χ4n) is 1.37. The zero-order chi connectivity index (χ0) is 10.7. The summed E-state index contributed by atoms with van der Waals surface area (Å²) >= 11 is 9.99. The summed E-state index contributed by atoms with van der Waals surface area (Å²) in [4.78, 5) is 11.5. The van der Waals surface area contributed by atoms with E-state index in [0.29, 0.717) is 9.15 Å². The van der Waals surface area contributed by atoms with Gasteiger partial charge in [0.2, 0.25) is 0 Å². The first-order valence-electron chi connectivity index (χ1n) is 4.48. The van der Waals surface area contributed by atoms with Crippen LogP contribution in [0.3, 0.4) is 0 Å². The molecule has 0 aliphatic carbocycles. The number of carbonyl (C=O) groups is 1. The summed E-state index contributed by atoms with van der Waals surface area (Å²) in [5, 5.41) is 0. The second kappa shape index (κ2) is 5.66. The van der Waals surface area contributed by atoms with Gasteiger partial charge in [-0.05, 0) is 38.3 Å². The molecule has 80 valence electrons. The number of allylic oxidation sites excluding steroid dienone is 1. The summed E-state index contributed by atoms with van der Waals surface area (Å²) in [6, 6.07) is 0. The van der Waals surface area contributed by atoms with E-state index in [2.05, 4.69) is 54.7 Å². The molecule has 1 saturated heterocycles. The van der Waals surface area contributed by atoms with Crippen molar-refractivity contribution in [2.45, 2.75) is 31.0 Å². The second-order valence-electron chi connectivity index (χ2n) is 3.20. The molecule has 1 aliphatic heterocycles. The van der Waals surface area contributed by atoms with Gasteiger partial charge in [0.1, 0.15) is 9.15 Å². The highest BCUT2D eigenvalue weighted by Crippen LogP contribution is 2.39. The minimum atomic E-state index is -0.133. The van der Waals surface area contributed by atoms with Crippen molar-refractivity contribution in [3.63, 3.8) is 0 Å². The number of unbranched alkanes of at least 4 members (excludes halogenated alkanes) is 1. The van der Waals surface area contributed by atoms with Gasteiger partial charge in [-0.3, -0.25) is 4.79 Å². The van der Waals surface area contributed by atoms with E-state index in [4.69, 9.17) is 4.74 Å². The van der Waals surface area contributed by atoms with Crippen LogP contribution >= 0.6 is 47.8 Å². The van der Waals surface area contributed by atoms with E-state index >= 15 is 0 Å². The lowest BCUT2D eigenvalue weighted by Crippen LogP contribution is -2.14. The molecule has 0 N–H and O–H groups in total. The van der Waals surface area contributed by atoms with Gasteiger partial charge in [-0.25, -0.2) is 0 Å². The minimum Gasteiger partial charge on any atom is -0.428 e. The Morgan fingerprint density at radius 2 is 2.14 bits per heavy atom. The molecule has 0 amide bonds. The largest absolute Gasteiger partial charge is 0.428 e. The van der Waals surface area contributed by atoms with Crippen LogP contribution in [-0.2, 0) is 9.53 Å². The van der Waals surface area contributed by atoms with Crippen molar-refractivity contribution in [2.24, 2.45) is 5.92 Å². The average Bonchev–Trinajstić information content (AvgIpc) is 2.40. The van der Waals surface area contributed by atoms with Crippen molar-refractivity contribution in [3.8, 4) is 0 Å². The summed E-state index contributed by atoms with van der Waals surface area (Å²) in [5.74, 6) is 0.470. The van der Waals surface area contributed by atoms with Crippen LogP contribution in [0.25, 0.3) is 0 Å². The Morgan fingerprint density at radius 1 is 1.50 bits per heavy atom. The van der Waals surface area contributed by atoms with Gasteiger partial charge in [-0.2, -0.15) is 0 Å². The van der Waals surface area contributed by atoms with Gasteiger partial charge in [0.15, 0.2) is 0 Å². The maximum absolute atomic E-state index is 11.5. The molecule has 0 aromatic rings. The van der Waals surface area contributed by atoms with Gasteiger partial charge in [0.25, 0.3) is 0 Å². The first-order valence-corrected chi connectivity index (χ1v) is 6.99. The van der Waals surface area contributed by atoms with Crippen molar-refractivity contribution >= 4 is 53.8 Å². The lowest BCUT2D eigenvalue weighted by molar-refractivity contribution is -0.139. The molecule has 1 heterocycles. The van der Waals surface area contributed by atoms with Crippen LogP contribution in [0.2, 0.25) is 0 Å². The van der Waals surface area contributed by atoms with Gasteiger partial charge >= 0.3 is 5.97 Å². The van der Waals surface area contributed by atoms with Crippen LogP contribution in [-0.4, -0.2) is 10.8 Å². The molecule has 14 heavy (non-hydrogen) atoms. The van der Waals surface area contributed by atoms with Gasteiger partial charge < -0.3 is 4.74 Å². The van der Waals surface area contributed by atoms with Crippen molar-refractivity contribution < 1.29 is 9.53 Å². The van der Waals surface area contributed by atoms with E-state index in [0.717, 1.165) is 19.3 Å². The number of esters is 1. The van der Waals surface area contributed by atoms with Crippen molar-refractivity contribution in [3.05, 3.63) is 9.15 Å². The normalized spacial score (nSPS) is 26.6. The van der Waals surface area contributed by atoms with Crippen molar-refractivity contribution in [1.29, 1.82) is 0 Å². The van der Waals surface area contributed by atoms with Crippen molar-refractivity contribution in [1.82, 2.24) is 0 Å². The first-order chi connectivity index (χ1) is 6.57. The maximum atomic E-state index is 11.5. The Balaban J connectivity index is 2.71. The van der Waals surface area contributed by atoms with Crippen LogP contribution in [0, 0.1) is 5.92 Å². The Morgan fingerprint density at radius 3 is 2.57 bits per heavy atom. The molecule has 0 aromatic heterocycles. The van der Waals surface area contributed by atoms with Gasteiger partial charge in [0.05, 0.1) is 10.7 Å². The third kappa shape index (κ3) is 2.83. The van der Waals surface area contributed by atoms with Crippen LogP contribution in [0.15, 0.2) is 9.15 Å². The Labute approximate surface area is 109 Å². The fraction of sp³-hybridized carbons (Fsp3) is 0.667. The molecule has 2 nitrogen and oxygen atoms in total. The summed E-state index contributed by atoms with van der Waals surface area (Å²) < 4.78 is 5.85. The summed E-state index contributed by atoms with van der Waals surface area (Å²) in [7, 11) is 0. The molecule has 0 bridgehead atoms. The highest BCUT2D eigenvalue weighted by Gasteiger charge is 2.40. The fourth-order valence-corrected chi connectivity index (χ4v) is 3.45. The average molecular weight is 391 g/mol. The topological polar surface area (TPSA) is 26.3 Å². The lowest BCUT2D eigenvalue weighted by Gasteiger charge is -2.07. The first kappa shape index (κ1) is 12.7. The Bertz CT molecular complexity index is 259. The number of ether oxygens (including phenoxy) is 1. The Hall–Kier alpha value is 0.650. The van der Waals surface area contributed by atoms with E-state index in [9.17, 15) is 4.79 Å². The summed E-state index contributed by atoms with van der Waals surface area (Å²) in [6.07, 6.45) is 3.02. The molecule has 1 fully saturated rings. The van der Waals surface area contributed by atoms with E-state index in [1.807, 2.05) is 0 Å². The quantitative estimate of drug-likeness (QED) is 0.536. The molecule has 1 rings (SSSR count). The monoisotopic (exact) mass is 388 g/mol. The van der Waals surface area contributed by atoms with Crippen LogP contribution in [0.4, 0.5) is 0 Å². The van der Waals surface area contributed by atoms with Gasteiger partial charge in [0, 0.05) is 0 Å². The number of carbonyl (C=O) groups excluding carboxylic acids is 1. The predicted molar refractivity (Wildman–Crippen MR) is 66.7 cm³/mol. The van der Waals surface area contributed by atoms with Crippen molar-refractivity contribution in [2.75, 3.05) is 0 Å². The zero-order valence-corrected chi connectivity index (χ0v) is 12.5. The van der Waals surface area contributed by atoms with E-state index in [-0.39, 0.29) is 16.7 Å². The number of cyclic esters (lactones) is 1. The molecule has 1 aliphatic rings. The predicted octanol–water partition coefficient (Wildman–Crippen LogP) is 4.07. The van der Waals surface area contributed by atoms with Gasteiger partial charge in [-0.15, -0.1) is 0 Å². The SMILES string of the molecule is CCCCC1C(=O)OC(=C(Br)Br)C1Br. The van der Waals surface area contributed by atoms with E-state index in [1.165, 1.54) is 0 Å². The third-order valence-electron chi connectivity index (χ3n) is 2.17. The maximum Gasteiger partial charge on any atom is 0.315 e. The Kier molecular flexibility index (Phi) is 5.14. The number of hydrogen-bond donors (Lipinski definition) is 0. The zero-order valence-electron chi connectivity index (χ0n) is 7.73. The molecular formula is C9H11Br3O2. The smallest absolute Gasteiger partial charge is 0.315 e. The highest BCUT2D eigenvalue weighted by atomic mass is 79.9. The lowest BCUT2D eigenvalue weighted by atomic mass is 10.0. The van der Waals surface area contributed by atoms with E-state index < -0.39 is 0 Å². The number of hydrogen-bond acceptors (Lipinski definition) is 2. The van der Waals surface area contributed by atoms with Crippen LogP contribution in [0.1, 0.15) is 26.2 Å². The highest BCUT2D eigenvalue weighted by molar-refractivity contribution is 9.28. The molecule has 2 atom stereocenters. The molecular weight excluding hydrogens is 380 g/mol. The standard InChI is InChI=1S/C9H11Br3O2/c1-2-3-4-5-6(10)7(8(11)12)14-9(5)13/h5-6H,2-4H2,1H3. The summed E-state index contributed by atoms with van der Waals surface area (Å²) in [6.45, 7) is 2.11.